The zero-order valence-electron chi connectivity index (χ0n) is 24.6. The minimum Gasteiger partial charge on any atom is -0.456 e. The highest BCUT2D eigenvalue weighted by atomic mass is 16.3. The Kier molecular flexibility index (Phi) is 5.81. The fourth-order valence-electron chi connectivity index (χ4n) is 6.53. The Hall–Kier alpha value is -6.51. The summed E-state index contributed by atoms with van der Waals surface area (Å²) in [6, 6.07) is 49.2. The van der Waals surface area contributed by atoms with E-state index in [4.69, 9.17) is 21.0 Å². The van der Waals surface area contributed by atoms with Crippen molar-refractivity contribution in [2.24, 2.45) is 0 Å². The number of benzene rings is 6. The van der Waals surface area contributed by atoms with Crippen LogP contribution in [0.2, 0.25) is 0 Å². The lowest BCUT2D eigenvalue weighted by Crippen LogP contribution is -1.97. The largest absolute Gasteiger partial charge is 0.456 e. The van der Waals surface area contributed by atoms with E-state index >= 15 is 0 Å². The van der Waals surface area contributed by atoms with Gasteiger partial charge in [0, 0.05) is 32.8 Å². The topological polar surface area (TPSA) is 48.2 Å². The summed E-state index contributed by atoms with van der Waals surface area (Å²) < 4.78 is 8.75. The molecule has 0 fully saturated rings. The van der Waals surface area contributed by atoms with Crippen LogP contribution in [0.25, 0.3) is 88.2 Å². The summed E-state index contributed by atoms with van der Waals surface area (Å²) in [5.41, 5.74) is 9.11. The van der Waals surface area contributed by atoms with Crippen LogP contribution in [0.5, 0.6) is 0 Å². The maximum absolute atomic E-state index is 8.18. The van der Waals surface area contributed by atoms with Crippen molar-refractivity contribution in [2.75, 3.05) is 0 Å². The highest BCUT2D eigenvalue weighted by Crippen LogP contribution is 2.41. The summed E-state index contributed by atoms with van der Waals surface area (Å²) in [6.45, 7) is 8.18. The van der Waals surface area contributed by atoms with Gasteiger partial charge in [0.25, 0.3) is 0 Å². The molecule has 0 aliphatic carbocycles. The average molecular weight is 589 g/mol. The van der Waals surface area contributed by atoms with E-state index in [-0.39, 0.29) is 0 Å². The van der Waals surface area contributed by atoms with Gasteiger partial charge in [0.1, 0.15) is 11.2 Å². The molecule has 0 radical (unpaired) electrons. The van der Waals surface area contributed by atoms with Gasteiger partial charge in [0.2, 0.25) is 5.69 Å². The fourth-order valence-corrected chi connectivity index (χ4v) is 6.53. The molecule has 0 aliphatic rings. The first kappa shape index (κ1) is 25.9. The second kappa shape index (κ2) is 10.3. The SMILES string of the molecule is [C-]#[N+]c1c(-c2ccccc2)nc(-c2ccccc2)nc1-c1ccc2c(c1)oc1ccc(-n3c4ccccc4c4ccccc43)cc12. The molecule has 9 aromatic rings. The molecule has 0 N–H and O–H groups in total. The van der Waals surface area contributed by atoms with Gasteiger partial charge in [-0.25, -0.2) is 14.8 Å². The van der Waals surface area contributed by atoms with E-state index in [2.05, 4.69) is 76.1 Å². The number of hydrogen-bond acceptors (Lipinski definition) is 3. The first-order chi connectivity index (χ1) is 22.8. The van der Waals surface area contributed by atoms with Crippen molar-refractivity contribution in [2.45, 2.75) is 0 Å². The van der Waals surface area contributed by atoms with Gasteiger partial charge < -0.3 is 8.98 Å². The third-order valence-corrected chi connectivity index (χ3v) is 8.64. The second-order valence-electron chi connectivity index (χ2n) is 11.3. The van der Waals surface area contributed by atoms with Crippen LogP contribution < -0.4 is 0 Å². The zero-order valence-corrected chi connectivity index (χ0v) is 24.6. The summed E-state index contributed by atoms with van der Waals surface area (Å²) in [5.74, 6) is 0.572. The molecule has 0 atom stereocenters. The molecule has 3 aromatic heterocycles. The Balaban J connectivity index is 1.23. The van der Waals surface area contributed by atoms with Crippen LogP contribution in [0, 0.1) is 6.57 Å². The van der Waals surface area contributed by atoms with Gasteiger partial charge in [-0.15, -0.1) is 0 Å². The molecule has 0 bridgehead atoms. The molecule has 214 valence electrons. The summed E-state index contributed by atoms with van der Waals surface area (Å²) >= 11 is 0. The number of rotatable bonds is 4. The van der Waals surface area contributed by atoms with Gasteiger partial charge >= 0.3 is 0 Å². The summed E-state index contributed by atoms with van der Waals surface area (Å²) in [4.78, 5) is 13.8. The Morgan fingerprint density at radius 3 is 1.78 bits per heavy atom. The number of para-hydroxylation sites is 2. The number of nitrogens with zero attached hydrogens (tertiary/aromatic N) is 4. The van der Waals surface area contributed by atoms with Crippen LogP contribution in [0.4, 0.5) is 5.69 Å². The predicted molar refractivity (Wildman–Crippen MR) is 186 cm³/mol. The van der Waals surface area contributed by atoms with Gasteiger partial charge in [0.05, 0.1) is 29.0 Å². The normalized spacial score (nSPS) is 11.5. The standard InChI is InChI=1S/C41H24N4O/c1-42-40-38(26-12-4-2-5-13-26)43-41(27-14-6-3-7-15-27)44-39(40)28-20-22-32-33-25-29(21-23-36(33)46-37(32)24-28)45-34-18-10-8-16-30(34)31-17-9-11-19-35(31)45/h2-25H. The molecule has 6 aromatic carbocycles. The Morgan fingerprint density at radius 2 is 1.11 bits per heavy atom. The maximum Gasteiger partial charge on any atom is 0.238 e. The number of fused-ring (bicyclic) bond motifs is 6. The lowest BCUT2D eigenvalue weighted by molar-refractivity contribution is 0.669. The Morgan fingerprint density at radius 1 is 0.500 bits per heavy atom. The van der Waals surface area contributed by atoms with Crippen LogP contribution in [-0.2, 0) is 0 Å². The molecule has 0 saturated heterocycles. The van der Waals surface area contributed by atoms with Crippen molar-refractivity contribution in [3.8, 4) is 39.6 Å². The van der Waals surface area contributed by atoms with Crippen LogP contribution in [0.1, 0.15) is 0 Å². The van der Waals surface area contributed by atoms with Crippen molar-refractivity contribution in [3.63, 3.8) is 0 Å². The predicted octanol–water partition coefficient (Wildman–Crippen LogP) is 11.0. The number of aromatic nitrogens is 3. The number of hydrogen-bond donors (Lipinski definition) is 0. The molecule has 0 spiro atoms. The summed E-state index contributed by atoms with van der Waals surface area (Å²) in [7, 11) is 0. The molecule has 0 amide bonds. The monoisotopic (exact) mass is 588 g/mol. The Bertz CT molecular complexity index is 2590. The molecule has 0 aliphatic heterocycles. The highest BCUT2D eigenvalue weighted by Gasteiger charge is 2.20. The van der Waals surface area contributed by atoms with Crippen molar-refractivity contribution < 1.29 is 4.42 Å². The van der Waals surface area contributed by atoms with Gasteiger partial charge in [-0.3, -0.25) is 0 Å². The van der Waals surface area contributed by atoms with E-state index in [9.17, 15) is 0 Å². The molecule has 0 unspecified atom stereocenters. The zero-order chi connectivity index (χ0) is 30.6. The van der Waals surface area contributed by atoms with Crippen LogP contribution >= 0.6 is 0 Å². The van der Waals surface area contributed by atoms with Gasteiger partial charge in [0.15, 0.2) is 5.82 Å². The molecule has 5 heteroatoms. The molecule has 9 rings (SSSR count). The second-order valence-corrected chi connectivity index (χ2v) is 11.3. The summed E-state index contributed by atoms with van der Waals surface area (Å²) in [6.07, 6.45) is 0. The van der Waals surface area contributed by atoms with E-state index < -0.39 is 0 Å². The highest BCUT2D eigenvalue weighted by molar-refractivity contribution is 6.11. The van der Waals surface area contributed by atoms with Crippen LogP contribution in [-0.4, -0.2) is 14.5 Å². The van der Waals surface area contributed by atoms with Gasteiger partial charge in [-0.1, -0.05) is 103 Å². The average Bonchev–Trinajstić information content (AvgIpc) is 3.66. The third-order valence-electron chi connectivity index (χ3n) is 8.64. The third kappa shape index (κ3) is 4.02. The van der Waals surface area contributed by atoms with Crippen LogP contribution in [0.3, 0.4) is 0 Å². The van der Waals surface area contributed by atoms with Crippen molar-refractivity contribution >= 4 is 49.4 Å². The van der Waals surface area contributed by atoms with Gasteiger partial charge in [-0.05, 0) is 53.6 Å². The van der Waals surface area contributed by atoms with Crippen molar-refractivity contribution in [1.29, 1.82) is 0 Å². The lowest BCUT2D eigenvalue weighted by atomic mass is 10.0. The lowest BCUT2D eigenvalue weighted by Gasteiger charge is -2.12. The van der Waals surface area contributed by atoms with E-state index in [1.54, 1.807) is 0 Å². The van der Waals surface area contributed by atoms with E-state index in [0.717, 1.165) is 55.3 Å². The van der Waals surface area contributed by atoms with Gasteiger partial charge in [-0.2, -0.15) is 0 Å². The van der Waals surface area contributed by atoms with Crippen molar-refractivity contribution in [1.82, 2.24) is 14.5 Å². The molecule has 3 heterocycles. The molecular weight excluding hydrogens is 564 g/mol. The van der Waals surface area contributed by atoms with E-state index in [1.165, 1.54) is 10.8 Å². The van der Waals surface area contributed by atoms with Crippen LogP contribution in [0.15, 0.2) is 150 Å². The molecule has 0 saturated carbocycles. The van der Waals surface area contributed by atoms with Crippen molar-refractivity contribution in [3.05, 3.63) is 157 Å². The molecular formula is C41H24N4O. The number of furan rings is 1. The molecule has 46 heavy (non-hydrogen) atoms. The minimum atomic E-state index is 0.412. The minimum absolute atomic E-state index is 0.412. The van der Waals surface area contributed by atoms with E-state index in [1.807, 2.05) is 78.9 Å². The van der Waals surface area contributed by atoms with E-state index in [0.29, 0.717) is 22.9 Å². The molecule has 5 nitrogen and oxygen atoms in total. The first-order valence-electron chi connectivity index (χ1n) is 15.1. The fraction of sp³-hybridized carbons (Fsp3) is 0. The quantitative estimate of drug-likeness (QED) is 0.192. The first-order valence-corrected chi connectivity index (χ1v) is 15.1. The Labute approximate surface area is 264 Å². The summed E-state index contributed by atoms with van der Waals surface area (Å²) in [5, 5.41) is 4.49. The smallest absolute Gasteiger partial charge is 0.238 e. The maximum atomic E-state index is 8.18.